The van der Waals surface area contributed by atoms with Gasteiger partial charge in [-0.3, -0.25) is 4.72 Å². The van der Waals surface area contributed by atoms with E-state index in [0.29, 0.717) is 6.07 Å². The Bertz CT molecular complexity index is 1180. The minimum absolute atomic E-state index is 0.135. The number of hydrogen-bond donors (Lipinski definition) is 1. The summed E-state index contributed by atoms with van der Waals surface area (Å²) in [5, 5.41) is -0.135. The van der Waals surface area contributed by atoms with Crippen molar-refractivity contribution in [3.8, 4) is 11.5 Å². The van der Waals surface area contributed by atoms with E-state index in [-0.39, 0.29) is 21.4 Å². The van der Waals surface area contributed by atoms with E-state index in [1.807, 2.05) is 4.72 Å². The van der Waals surface area contributed by atoms with Crippen LogP contribution < -0.4 is 9.46 Å². The number of rotatable bonds is 5. The minimum atomic E-state index is -4.63. The summed E-state index contributed by atoms with van der Waals surface area (Å²) in [5.41, 5.74) is -1.45. The maximum Gasteiger partial charge on any atom is 0.416 e. The largest absolute Gasteiger partial charge is 0.456 e. The molecule has 0 heterocycles. The van der Waals surface area contributed by atoms with Gasteiger partial charge in [0.2, 0.25) is 0 Å². The summed E-state index contributed by atoms with van der Waals surface area (Å²) in [5.74, 6) is -2.26. The Morgan fingerprint density at radius 2 is 1.57 bits per heavy atom. The van der Waals surface area contributed by atoms with Crippen LogP contribution in [0.15, 0.2) is 65.6 Å². The summed E-state index contributed by atoms with van der Waals surface area (Å²) in [6.07, 6.45) is -4.63. The zero-order valence-corrected chi connectivity index (χ0v) is 16.2. The van der Waals surface area contributed by atoms with Crippen molar-refractivity contribution in [2.45, 2.75) is 11.1 Å². The van der Waals surface area contributed by atoms with Gasteiger partial charge in [-0.15, -0.1) is 0 Å². The number of benzene rings is 3. The van der Waals surface area contributed by atoms with E-state index in [2.05, 4.69) is 0 Å². The van der Waals surface area contributed by atoms with Crippen molar-refractivity contribution in [3.05, 3.63) is 82.9 Å². The van der Waals surface area contributed by atoms with Gasteiger partial charge in [-0.2, -0.15) is 13.2 Å². The van der Waals surface area contributed by atoms with E-state index < -0.39 is 39.1 Å². The average Bonchev–Trinajstić information content (AvgIpc) is 2.65. The normalized spacial score (nSPS) is 11.9. The lowest BCUT2D eigenvalue weighted by Gasteiger charge is -2.13. The predicted octanol–water partition coefficient (Wildman–Crippen LogP) is 6.23. The first-order valence-corrected chi connectivity index (χ1v) is 9.94. The summed E-state index contributed by atoms with van der Waals surface area (Å²) in [6.45, 7) is 0. The van der Waals surface area contributed by atoms with Crippen LogP contribution in [0.1, 0.15) is 5.56 Å². The quantitative estimate of drug-likeness (QED) is 0.456. The molecule has 0 aromatic heterocycles. The van der Waals surface area contributed by atoms with Crippen LogP contribution in [0.25, 0.3) is 0 Å². The molecule has 0 saturated heterocycles. The van der Waals surface area contributed by atoms with Crippen LogP contribution in [0.4, 0.5) is 27.6 Å². The number of hydrogen-bond acceptors (Lipinski definition) is 3. The van der Waals surface area contributed by atoms with Gasteiger partial charge in [0.25, 0.3) is 10.0 Å². The van der Waals surface area contributed by atoms with Crippen LogP contribution >= 0.6 is 11.6 Å². The zero-order valence-electron chi connectivity index (χ0n) is 14.7. The first-order chi connectivity index (χ1) is 14.0. The van der Waals surface area contributed by atoms with E-state index in [9.17, 15) is 30.4 Å². The number of sulfonamides is 1. The molecule has 0 aliphatic heterocycles. The Kier molecular flexibility index (Phi) is 5.91. The summed E-state index contributed by atoms with van der Waals surface area (Å²) in [4.78, 5) is -0.292. The summed E-state index contributed by atoms with van der Waals surface area (Å²) in [7, 11) is -4.20. The molecule has 0 amide bonds. The van der Waals surface area contributed by atoms with Gasteiger partial charge in [0.05, 0.1) is 21.2 Å². The van der Waals surface area contributed by atoms with Gasteiger partial charge in [0.15, 0.2) is 5.82 Å². The van der Waals surface area contributed by atoms with E-state index in [1.54, 1.807) is 0 Å². The molecule has 3 rings (SSSR count). The SMILES string of the molecule is O=S(=O)(Nc1ccc(Oc2cc(C(F)(F)F)ccc2Cl)cc1F)c1ccc(F)cc1. The third kappa shape index (κ3) is 5.00. The molecule has 30 heavy (non-hydrogen) atoms. The molecular weight excluding hydrogens is 453 g/mol. The molecule has 0 saturated carbocycles. The van der Waals surface area contributed by atoms with Gasteiger partial charge in [0.1, 0.15) is 17.3 Å². The van der Waals surface area contributed by atoms with Gasteiger partial charge < -0.3 is 4.74 Å². The van der Waals surface area contributed by atoms with Crippen LogP contribution in [0.2, 0.25) is 5.02 Å². The highest BCUT2D eigenvalue weighted by Gasteiger charge is 2.31. The fraction of sp³-hybridized carbons (Fsp3) is 0.0526. The van der Waals surface area contributed by atoms with E-state index >= 15 is 0 Å². The first-order valence-electron chi connectivity index (χ1n) is 8.08. The Labute approximate surface area is 172 Å². The lowest BCUT2D eigenvalue weighted by atomic mass is 10.2. The summed E-state index contributed by atoms with van der Waals surface area (Å²) >= 11 is 5.83. The molecule has 3 aromatic carbocycles. The van der Waals surface area contributed by atoms with Crippen LogP contribution in [0.5, 0.6) is 11.5 Å². The molecule has 3 aromatic rings. The average molecular weight is 464 g/mol. The van der Waals surface area contributed by atoms with Crippen molar-refractivity contribution in [1.29, 1.82) is 0 Å². The molecule has 0 radical (unpaired) electrons. The van der Waals surface area contributed by atoms with Gasteiger partial charge in [-0.1, -0.05) is 11.6 Å². The third-order valence-corrected chi connectivity index (χ3v) is 5.49. The molecule has 158 valence electrons. The smallest absolute Gasteiger partial charge is 0.416 e. The lowest BCUT2D eigenvalue weighted by Crippen LogP contribution is -2.14. The van der Waals surface area contributed by atoms with E-state index in [1.165, 1.54) is 0 Å². The molecule has 4 nitrogen and oxygen atoms in total. The fourth-order valence-electron chi connectivity index (χ4n) is 2.34. The molecule has 0 aliphatic carbocycles. The third-order valence-electron chi connectivity index (χ3n) is 3.80. The highest BCUT2D eigenvalue weighted by molar-refractivity contribution is 7.92. The Hall–Kier alpha value is -2.85. The zero-order chi connectivity index (χ0) is 22.1. The maximum absolute atomic E-state index is 14.4. The second-order valence-corrected chi connectivity index (χ2v) is 8.04. The Morgan fingerprint density at radius 1 is 0.900 bits per heavy atom. The number of ether oxygens (including phenoxy) is 1. The number of nitrogens with one attached hydrogen (secondary N) is 1. The van der Waals surface area contributed by atoms with Crippen molar-refractivity contribution in [2.24, 2.45) is 0 Å². The van der Waals surface area contributed by atoms with Crippen LogP contribution in [-0.2, 0) is 16.2 Å². The van der Waals surface area contributed by atoms with Gasteiger partial charge in [-0.05, 0) is 54.6 Å². The molecule has 0 spiro atoms. The summed E-state index contributed by atoms with van der Waals surface area (Å²) in [6, 6.07) is 9.22. The maximum atomic E-state index is 14.4. The van der Waals surface area contributed by atoms with Crippen molar-refractivity contribution in [3.63, 3.8) is 0 Å². The molecule has 0 bridgehead atoms. The minimum Gasteiger partial charge on any atom is -0.456 e. The molecule has 0 aliphatic rings. The molecule has 0 unspecified atom stereocenters. The van der Waals surface area contributed by atoms with Gasteiger partial charge in [-0.25, -0.2) is 17.2 Å². The predicted molar refractivity (Wildman–Crippen MR) is 100 cm³/mol. The number of anilines is 1. The molecule has 11 heteroatoms. The summed E-state index contributed by atoms with van der Waals surface area (Å²) < 4.78 is 97.5. The van der Waals surface area contributed by atoms with E-state index in [0.717, 1.165) is 54.6 Å². The molecule has 1 N–H and O–H groups in total. The highest BCUT2D eigenvalue weighted by Crippen LogP contribution is 2.37. The standard InChI is InChI=1S/C19H11ClF5NO3S/c20-15-7-1-11(19(23,24)25)9-18(15)29-13-4-8-17(16(22)10-13)26-30(27,28)14-5-2-12(21)3-6-14/h1-10,26H. The van der Waals surface area contributed by atoms with Gasteiger partial charge in [0, 0.05) is 6.07 Å². The lowest BCUT2D eigenvalue weighted by molar-refractivity contribution is -0.137. The Morgan fingerprint density at radius 3 is 2.17 bits per heavy atom. The van der Waals surface area contributed by atoms with Crippen LogP contribution in [0, 0.1) is 11.6 Å². The highest BCUT2D eigenvalue weighted by atomic mass is 35.5. The number of alkyl halides is 3. The second kappa shape index (κ2) is 8.11. The number of halogens is 6. The van der Waals surface area contributed by atoms with Crippen molar-refractivity contribution in [1.82, 2.24) is 0 Å². The molecule has 0 fully saturated rings. The second-order valence-electron chi connectivity index (χ2n) is 5.95. The van der Waals surface area contributed by atoms with Gasteiger partial charge >= 0.3 is 6.18 Å². The molecular formula is C19H11ClF5NO3S. The van der Waals surface area contributed by atoms with E-state index in [4.69, 9.17) is 16.3 Å². The van der Waals surface area contributed by atoms with Crippen molar-refractivity contribution < 1.29 is 35.1 Å². The molecule has 0 atom stereocenters. The monoisotopic (exact) mass is 463 g/mol. The first kappa shape index (κ1) is 21.8. The Balaban J connectivity index is 1.83. The van der Waals surface area contributed by atoms with Crippen LogP contribution in [-0.4, -0.2) is 8.42 Å². The van der Waals surface area contributed by atoms with Crippen LogP contribution in [0.3, 0.4) is 0 Å². The topological polar surface area (TPSA) is 55.4 Å². The fourth-order valence-corrected chi connectivity index (χ4v) is 3.57. The van der Waals surface area contributed by atoms with Crippen molar-refractivity contribution >= 4 is 27.3 Å². The van der Waals surface area contributed by atoms with Crippen molar-refractivity contribution in [2.75, 3.05) is 4.72 Å².